The standard InChI is InChI=1S/C19H26N2O4S/c1-26-14-18(22)20-7-5-16(6-8-20)25-17-4-2-3-15(13-17)19(23)21-9-11-24-12-10-21/h2-4,13,16H,5-12,14H2,1H3. The SMILES string of the molecule is CSCC(=O)N1CCC(Oc2cccc(C(=O)N3CCOCC3)c2)CC1. The quantitative estimate of drug-likeness (QED) is 0.783. The second-order valence-electron chi connectivity index (χ2n) is 6.56. The van der Waals surface area contributed by atoms with Gasteiger partial charge >= 0.3 is 0 Å². The van der Waals surface area contributed by atoms with E-state index in [2.05, 4.69) is 0 Å². The minimum absolute atomic E-state index is 0.0243. The molecule has 0 radical (unpaired) electrons. The number of carbonyl (C=O) groups excluding carboxylic acids is 2. The van der Waals surface area contributed by atoms with E-state index < -0.39 is 0 Å². The van der Waals surface area contributed by atoms with Gasteiger partial charge in [0.05, 0.1) is 19.0 Å². The molecule has 2 fully saturated rings. The van der Waals surface area contributed by atoms with Crippen LogP contribution >= 0.6 is 11.8 Å². The number of thioether (sulfide) groups is 1. The van der Waals surface area contributed by atoms with E-state index in [1.54, 1.807) is 11.8 Å². The Hall–Kier alpha value is -1.73. The van der Waals surface area contributed by atoms with Gasteiger partial charge in [-0.15, -0.1) is 0 Å². The number of hydrogen-bond acceptors (Lipinski definition) is 5. The Bertz CT molecular complexity index is 626. The van der Waals surface area contributed by atoms with Crippen molar-refractivity contribution in [3.05, 3.63) is 29.8 Å². The molecule has 0 unspecified atom stereocenters. The van der Waals surface area contributed by atoms with E-state index in [1.165, 1.54) is 0 Å². The largest absolute Gasteiger partial charge is 0.490 e. The Labute approximate surface area is 158 Å². The number of morpholine rings is 1. The van der Waals surface area contributed by atoms with E-state index in [-0.39, 0.29) is 17.9 Å². The van der Waals surface area contributed by atoms with Gasteiger partial charge < -0.3 is 19.3 Å². The molecule has 0 saturated carbocycles. The van der Waals surface area contributed by atoms with Gasteiger partial charge in [0.25, 0.3) is 5.91 Å². The number of carbonyl (C=O) groups is 2. The van der Waals surface area contributed by atoms with Gasteiger partial charge in [-0.25, -0.2) is 0 Å². The summed E-state index contributed by atoms with van der Waals surface area (Å²) in [6, 6.07) is 7.40. The molecule has 0 spiro atoms. The summed E-state index contributed by atoms with van der Waals surface area (Å²) in [6.07, 6.45) is 3.67. The number of hydrogen-bond donors (Lipinski definition) is 0. The van der Waals surface area contributed by atoms with E-state index in [0.717, 1.165) is 31.7 Å². The number of piperidine rings is 1. The van der Waals surface area contributed by atoms with Gasteiger partial charge in [0.2, 0.25) is 5.91 Å². The molecule has 0 aliphatic carbocycles. The van der Waals surface area contributed by atoms with Crippen molar-refractivity contribution in [2.45, 2.75) is 18.9 Å². The molecule has 2 aliphatic heterocycles. The number of ether oxygens (including phenoxy) is 2. The molecule has 2 heterocycles. The van der Waals surface area contributed by atoms with Crippen molar-refractivity contribution in [2.75, 3.05) is 51.4 Å². The van der Waals surface area contributed by atoms with Crippen molar-refractivity contribution in [3.63, 3.8) is 0 Å². The average Bonchev–Trinajstić information content (AvgIpc) is 2.69. The Morgan fingerprint density at radius 2 is 1.88 bits per heavy atom. The summed E-state index contributed by atoms with van der Waals surface area (Å²) in [5, 5.41) is 0. The number of nitrogens with zero attached hydrogens (tertiary/aromatic N) is 2. The first-order valence-corrected chi connectivity index (χ1v) is 10.5. The van der Waals surface area contributed by atoms with Crippen LogP contribution in [0.5, 0.6) is 5.75 Å². The van der Waals surface area contributed by atoms with Crippen LogP contribution in [-0.4, -0.2) is 79.1 Å². The van der Waals surface area contributed by atoms with Crippen molar-refractivity contribution in [1.82, 2.24) is 9.80 Å². The van der Waals surface area contributed by atoms with Crippen molar-refractivity contribution >= 4 is 23.6 Å². The van der Waals surface area contributed by atoms with Gasteiger partial charge in [-0.2, -0.15) is 11.8 Å². The Morgan fingerprint density at radius 1 is 1.15 bits per heavy atom. The zero-order valence-electron chi connectivity index (χ0n) is 15.2. The van der Waals surface area contributed by atoms with Crippen LogP contribution in [0, 0.1) is 0 Å². The molecular formula is C19H26N2O4S. The zero-order chi connectivity index (χ0) is 18.4. The van der Waals surface area contributed by atoms with E-state index >= 15 is 0 Å². The van der Waals surface area contributed by atoms with Gasteiger partial charge in [-0.1, -0.05) is 6.07 Å². The predicted octanol–water partition coefficient (Wildman–Crippen LogP) is 1.89. The lowest BCUT2D eigenvalue weighted by Gasteiger charge is -2.32. The minimum atomic E-state index is 0.0243. The molecule has 2 aliphatic rings. The van der Waals surface area contributed by atoms with Crippen molar-refractivity contribution < 1.29 is 19.1 Å². The maximum absolute atomic E-state index is 12.6. The summed E-state index contributed by atoms with van der Waals surface area (Å²) in [5.74, 6) is 1.49. The number of benzene rings is 1. The molecule has 2 amide bonds. The van der Waals surface area contributed by atoms with Gasteiger partial charge in [-0.3, -0.25) is 9.59 Å². The van der Waals surface area contributed by atoms with Gasteiger partial charge in [0.15, 0.2) is 0 Å². The maximum Gasteiger partial charge on any atom is 0.254 e. The third kappa shape index (κ3) is 4.92. The lowest BCUT2D eigenvalue weighted by atomic mass is 10.1. The summed E-state index contributed by atoms with van der Waals surface area (Å²) in [6.45, 7) is 3.91. The van der Waals surface area contributed by atoms with E-state index in [1.807, 2.05) is 40.3 Å². The van der Waals surface area contributed by atoms with Crippen LogP contribution in [-0.2, 0) is 9.53 Å². The van der Waals surface area contributed by atoms with Crippen LogP contribution in [0.1, 0.15) is 23.2 Å². The molecule has 142 valence electrons. The molecule has 2 saturated heterocycles. The molecule has 0 atom stereocenters. The molecule has 6 nitrogen and oxygen atoms in total. The molecule has 26 heavy (non-hydrogen) atoms. The second kappa shape index (κ2) is 9.28. The topological polar surface area (TPSA) is 59.1 Å². The van der Waals surface area contributed by atoms with Crippen LogP contribution in [0.2, 0.25) is 0 Å². The van der Waals surface area contributed by atoms with Crippen LogP contribution in [0.15, 0.2) is 24.3 Å². The predicted molar refractivity (Wildman–Crippen MR) is 102 cm³/mol. The molecule has 3 rings (SSSR count). The summed E-state index contributed by atoms with van der Waals surface area (Å²) in [5.41, 5.74) is 0.650. The first kappa shape index (κ1) is 19.0. The molecule has 7 heteroatoms. The van der Waals surface area contributed by atoms with Crippen LogP contribution in [0.3, 0.4) is 0 Å². The molecular weight excluding hydrogens is 352 g/mol. The van der Waals surface area contributed by atoms with E-state index in [0.29, 0.717) is 37.6 Å². The minimum Gasteiger partial charge on any atom is -0.490 e. The Morgan fingerprint density at radius 3 is 2.58 bits per heavy atom. The Kier molecular flexibility index (Phi) is 6.80. The fourth-order valence-corrected chi connectivity index (χ4v) is 3.71. The average molecular weight is 378 g/mol. The maximum atomic E-state index is 12.6. The second-order valence-corrected chi connectivity index (χ2v) is 7.43. The zero-order valence-corrected chi connectivity index (χ0v) is 16.0. The Balaban J connectivity index is 1.54. The molecule has 1 aromatic carbocycles. The summed E-state index contributed by atoms with van der Waals surface area (Å²) < 4.78 is 11.4. The van der Waals surface area contributed by atoms with Crippen LogP contribution in [0.4, 0.5) is 0 Å². The van der Waals surface area contributed by atoms with Crippen molar-refractivity contribution in [1.29, 1.82) is 0 Å². The third-order valence-corrected chi connectivity index (χ3v) is 5.28. The smallest absolute Gasteiger partial charge is 0.254 e. The van der Waals surface area contributed by atoms with Crippen molar-refractivity contribution in [2.24, 2.45) is 0 Å². The molecule has 1 aromatic rings. The fraction of sp³-hybridized carbons (Fsp3) is 0.579. The van der Waals surface area contributed by atoms with E-state index in [9.17, 15) is 9.59 Å². The number of likely N-dealkylation sites (tertiary alicyclic amines) is 1. The van der Waals surface area contributed by atoms with Gasteiger partial charge in [0.1, 0.15) is 11.9 Å². The lowest BCUT2D eigenvalue weighted by Crippen LogP contribution is -2.42. The normalized spacial score (nSPS) is 18.7. The number of amides is 2. The highest BCUT2D eigenvalue weighted by atomic mass is 32.2. The highest BCUT2D eigenvalue weighted by molar-refractivity contribution is 7.99. The summed E-state index contributed by atoms with van der Waals surface area (Å²) in [7, 11) is 0. The summed E-state index contributed by atoms with van der Waals surface area (Å²) >= 11 is 1.56. The monoisotopic (exact) mass is 378 g/mol. The first-order valence-electron chi connectivity index (χ1n) is 9.08. The first-order chi connectivity index (χ1) is 12.7. The third-order valence-electron chi connectivity index (χ3n) is 4.74. The molecule has 0 bridgehead atoms. The highest BCUT2D eigenvalue weighted by Gasteiger charge is 2.24. The van der Waals surface area contributed by atoms with Gasteiger partial charge in [0, 0.05) is 44.6 Å². The lowest BCUT2D eigenvalue weighted by molar-refractivity contribution is -0.130. The molecule has 0 N–H and O–H groups in total. The molecule has 0 aromatic heterocycles. The summed E-state index contributed by atoms with van der Waals surface area (Å²) in [4.78, 5) is 28.3. The highest BCUT2D eigenvalue weighted by Crippen LogP contribution is 2.21. The number of rotatable bonds is 5. The van der Waals surface area contributed by atoms with E-state index in [4.69, 9.17) is 9.47 Å². The van der Waals surface area contributed by atoms with Gasteiger partial charge in [-0.05, 0) is 24.5 Å². The van der Waals surface area contributed by atoms with Crippen LogP contribution < -0.4 is 4.74 Å². The van der Waals surface area contributed by atoms with Crippen LogP contribution in [0.25, 0.3) is 0 Å². The fourth-order valence-electron chi connectivity index (χ4n) is 3.28. The van der Waals surface area contributed by atoms with Crippen molar-refractivity contribution in [3.8, 4) is 5.75 Å².